The highest BCUT2D eigenvalue weighted by Crippen LogP contribution is 2.39. The molecule has 3 atom stereocenters. The SMILES string of the molecule is COc1ccccc1C(CNC(=O)C1CNCC12CCOC2)N1CCCC1. The number of methoxy groups -OCH3 is 1. The van der Waals surface area contributed by atoms with Crippen molar-refractivity contribution in [3.8, 4) is 5.75 Å². The minimum Gasteiger partial charge on any atom is -0.496 e. The molecule has 3 saturated heterocycles. The number of rotatable bonds is 6. The number of ether oxygens (including phenoxy) is 2. The van der Waals surface area contributed by atoms with E-state index in [9.17, 15) is 4.79 Å². The summed E-state index contributed by atoms with van der Waals surface area (Å²) >= 11 is 0. The molecule has 0 aromatic heterocycles. The van der Waals surface area contributed by atoms with Gasteiger partial charge in [0.15, 0.2) is 0 Å². The molecule has 27 heavy (non-hydrogen) atoms. The van der Waals surface area contributed by atoms with Crippen molar-refractivity contribution >= 4 is 5.91 Å². The Hall–Kier alpha value is -1.63. The van der Waals surface area contributed by atoms with Crippen LogP contribution >= 0.6 is 0 Å². The number of amides is 1. The van der Waals surface area contributed by atoms with Gasteiger partial charge < -0.3 is 20.1 Å². The van der Waals surface area contributed by atoms with Gasteiger partial charge in [0, 0.05) is 37.2 Å². The minimum atomic E-state index is -0.0162. The summed E-state index contributed by atoms with van der Waals surface area (Å²) in [6.07, 6.45) is 3.40. The fourth-order valence-corrected chi connectivity index (χ4v) is 4.96. The number of likely N-dealkylation sites (tertiary alicyclic amines) is 1. The highest BCUT2D eigenvalue weighted by molar-refractivity contribution is 5.80. The molecule has 3 aliphatic heterocycles. The zero-order valence-electron chi connectivity index (χ0n) is 16.2. The predicted molar refractivity (Wildman–Crippen MR) is 104 cm³/mol. The Labute approximate surface area is 161 Å². The van der Waals surface area contributed by atoms with Crippen molar-refractivity contribution in [2.75, 3.05) is 53.0 Å². The number of carbonyl (C=O) groups excluding carboxylic acids is 1. The lowest BCUT2D eigenvalue weighted by molar-refractivity contribution is -0.127. The van der Waals surface area contributed by atoms with Crippen molar-refractivity contribution in [2.45, 2.75) is 25.3 Å². The van der Waals surface area contributed by atoms with Gasteiger partial charge in [-0.2, -0.15) is 0 Å². The Balaban J connectivity index is 1.48. The van der Waals surface area contributed by atoms with E-state index in [1.165, 1.54) is 12.8 Å². The standard InChI is InChI=1S/C21H31N3O3/c1-26-19-7-3-2-6-16(19)18(24-9-4-5-10-24)13-23-20(25)17-12-22-14-21(17)8-11-27-15-21/h2-3,6-7,17-18,22H,4-5,8-15H2,1H3,(H,23,25). The number of hydrogen-bond acceptors (Lipinski definition) is 5. The summed E-state index contributed by atoms with van der Waals surface area (Å²) in [6.45, 7) is 5.85. The van der Waals surface area contributed by atoms with Crippen LogP contribution in [0.2, 0.25) is 0 Å². The number of hydrogen-bond donors (Lipinski definition) is 2. The van der Waals surface area contributed by atoms with Gasteiger partial charge in [-0.1, -0.05) is 18.2 Å². The molecule has 4 rings (SSSR count). The summed E-state index contributed by atoms with van der Waals surface area (Å²) in [6, 6.07) is 8.33. The maximum absolute atomic E-state index is 13.1. The molecule has 6 heteroatoms. The van der Waals surface area contributed by atoms with Gasteiger partial charge in [0.2, 0.25) is 5.91 Å². The molecule has 6 nitrogen and oxygen atoms in total. The van der Waals surface area contributed by atoms with Crippen LogP contribution in [-0.2, 0) is 9.53 Å². The fraction of sp³-hybridized carbons (Fsp3) is 0.667. The summed E-state index contributed by atoms with van der Waals surface area (Å²) in [5.74, 6) is 1.05. The molecule has 148 valence electrons. The zero-order chi connectivity index (χ0) is 18.7. The van der Waals surface area contributed by atoms with E-state index in [1.807, 2.05) is 12.1 Å². The topological polar surface area (TPSA) is 62.8 Å². The van der Waals surface area contributed by atoms with E-state index in [4.69, 9.17) is 9.47 Å². The van der Waals surface area contributed by atoms with Gasteiger partial charge in [-0.05, 0) is 38.4 Å². The smallest absolute Gasteiger partial charge is 0.225 e. The van der Waals surface area contributed by atoms with E-state index in [0.29, 0.717) is 13.2 Å². The van der Waals surface area contributed by atoms with Crippen LogP contribution in [0.4, 0.5) is 0 Å². The number of carbonyl (C=O) groups is 1. The molecule has 0 radical (unpaired) electrons. The van der Waals surface area contributed by atoms with Crippen LogP contribution in [0.5, 0.6) is 5.75 Å². The van der Waals surface area contributed by atoms with E-state index in [2.05, 4.69) is 27.7 Å². The first-order valence-electron chi connectivity index (χ1n) is 10.2. The van der Waals surface area contributed by atoms with Crippen molar-refractivity contribution < 1.29 is 14.3 Å². The van der Waals surface area contributed by atoms with Crippen LogP contribution in [0.15, 0.2) is 24.3 Å². The summed E-state index contributed by atoms with van der Waals surface area (Å²) in [7, 11) is 1.71. The molecule has 0 aliphatic carbocycles. The predicted octanol–water partition coefficient (Wildman–Crippen LogP) is 1.57. The number of para-hydroxylation sites is 1. The molecule has 3 fully saturated rings. The average molecular weight is 373 g/mol. The van der Waals surface area contributed by atoms with Gasteiger partial charge in [-0.15, -0.1) is 0 Å². The molecule has 3 heterocycles. The maximum Gasteiger partial charge on any atom is 0.225 e. The second-order valence-electron chi connectivity index (χ2n) is 8.09. The molecular formula is C21H31N3O3. The molecular weight excluding hydrogens is 342 g/mol. The molecule has 1 spiro atoms. The van der Waals surface area contributed by atoms with Crippen molar-refractivity contribution in [1.82, 2.24) is 15.5 Å². The Morgan fingerprint density at radius 2 is 2.22 bits per heavy atom. The van der Waals surface area contributed by atoms with Crippen LogP contribution in [0.25, 0.3) is 0 Å². The summed E-state index contributed by atoms with van der Waals surface area (Å²) in [5.41, 5.74) is 1.14. The summed E-state index contributed by atoms with van der Waals surface area (Å²) in [4.78, 5) is 15.5. The van der Waals surface area contributed by atoms with Crippen LogP contribution in [0.1, 0.15) is 30.9 Å². The average Bonchev–Trinajstić information content (AvgIpc) is 3.46. The third-order valence-electron chi connectivity index (χ3n) is 6.56. The quantitative estimate of drug-likeness (QED) is 0.793. The Bertz CT molecular complexity index is 648. The maximum atomic E-state index is 13.1. The molecule has 2 N–H and O–H groups in total. The molecule has 0 bridgehead atoms. The molecule has 0 saturated carbocycles. The Morgan fingerprint density at radius 3 is 2.96 bits per heavy atom. The van der Waals surface area contributed by atoms with Gasteiger partial charge in [-0.3, -0.25) is 9.69 Å². The van der Waals surface area contributed by atoms with E-state index in [1.54, 1.807) is 7.11 Å². The molecule has 3 unspecified atom stereocenters. The summed E-state index contributed by atoms with van der Waals surface area (Å²) < 4.78 is 11.2. The number of nitrogens with one attached hydrogen (secondary N) is 2. The minimum absolute atomic E-state index is 0.00287. The Kier molecular flexibility index (Phi) is 5.66. The summed E-state index contributed by atoms with van der Waals surface area (Å²) in [5, 5.41) is 6.68. The van der Waals surface area contributed by atoms with E-state index in [-0.39, 0.29) is 23.3 Å². The van der Waals surface area contributed by atoms with Crippen LogP contribution in [0.3, 0.4) is 0 Å². The van der Waals surface area contributed by atoms with Crippen molar-refractivity contribution in [1.29, 1.82) is 0 Å². The molecule has 3 aliphatic rings. The lowest BCUT2D eigenvalue weighted by Crippen LogP contribution is -2.44. The van der Waals surface area contributed by atoms with Crippen molar-refractivity contribution in [3.63, 3.8) is 0 Å². The largest absolute Gasteiger partial charge is 0.496 e. The van der Waals surface area contributed by atoms with Crippen LogP contribution in [0, 0.1) is 11.3 Å². The highest BCUT2D eigenvalue weighted by Gasteiger charge is 2.49. The second kappa shape index (κ2) is 8.17. The fourth-order valence-electron chi connectivity index (χ4n) is 4.96. The van der Waals surface area contributed by atoms with Gasteiger partial charge >= 0.3 is 0 Å². The highest BCUT2D eigenvalue weighted by atomic mass is 16.5. The molecule has 1 amide bonds. The lowest BCUT2D eigenvalue weighted by atomic mass is 9.77. The van der Waals surface area contributed by atoms with Gasteiger partial charge in [0.05, 0.1) is 25.7 Å². The van der Waals surface area contributed by atoms with E-state index < -0.39 is 0 Å². The lowest BCUT2D eigenvalue weighted by Gasteiger charge is -2.31. The number of nitrogens with zero attached hydrogens (tertiary/aromatic N) is 1. The third-order valence-corrected chi connectivity index (χ3v) is 6.56. The first-order valence-corrected chi connectivity index (χ1v) is 10.2. The van der Waals surface area contributed by atoms with Crippen molar-refractivity contribution in [2.24, 2.45) is 11.3 Å². The second-order valence-corrected chi connectivity index (χ2v) is 8.09. The van der Waals surface area contributed by atoms with Crippen LogP contribution < -0.4 is 15.4 Å². The first-order chi connectivity index (χ1) is 13.2. The van der Waals surface area contributed by atoms with Gasteiger partial charge in [-0.25, -0.2) is 0 Å². The van der Waals surface area contributed by atoms with Crippen LogP contribution in [-0.4, -0.2) is 63.9 Å². The third kappa shape index (κ3) is 3.71. The monoisotopic (exact) mass is 373 g/mol. The zero-order valence-corrected chi connectivity index (χ0v) is 16.2. The molecule has 1 aromatic rings. The van der Waals surface area contributed by atoms with Gasteiger partial charge in [0.1, 0.15) is 5.75 Å². The normalized spacial score (nSPS) is 29.3. The molecule has 1 aromatic carbocycles. The Morgan fingerprint density at radius 1 is 1.41 bits per heavy atom. The van der Waals surface area contributed by atoms with Crippen molar-refractivity contribution in [3.05, 3.63) is 29.8 Å². The number of benzene rings is 1. The van der Waals surface area contributed by atoms with E-state index >= 15 is 0 Å². The van der Waals surface area contributed by atoms with E-state index in [0.717, 1.165) is 50.5 Å². The first kappa shape index (κ1) is 18.7. The van der Waals surface area contributed by atoms with Gasteiger partial charge in [0.25, 0.3) is 0 Å².